The molecule has 2 N–H and O–H groups in total. The third-order valence-electron chi connectivity index (χ3n) is 7.19. The van der Waals surface area contributed by atoms with Gasteiger partial charge in [0.15, 0.2) is 0 Å². The zero-order valence-corrected chi connectivity index (χ0v) is 22.2. The number of amides is 2. The SMILES string of the molecule is COC(=O)c1cccc(N(C(=O)Cn2nnc3ccccc32)[C@@H](C(=O)NC2CCCCC2)c2ccc(O)cc2)c1. The van der Waals surface area contributed by atoms with Gasteiger partial charge in [-0.15, -0.1) is 5.10 Å². The van der Waals surface area contributed by atoms with Crippen LogP contribution in [0.5, 0.6) is 5.75 Å². The molecule has 40 heavy (non-hydrogen) atoms. The second-order valence-electron chi connectivity index (χ2n) is 9.88. The first kappa shape index (κ1) is 26.9. The molecule has 0 spiro atoms. The highest BCUT2D eigenvalue weighted by Crippen LogP contribution is 2.31. The van der Waals surface area contributed by atoms with Crippen LogP contribution in [-0.4, -0.2) is 51.0 Å². The average molecular weight is 542 g/mol. The molecule has 0 aliphatic heterocycles. The van der Waals surface area contributed by atoms with E-state index in [-0.39, 0.29) is 29.8 Å². The molecular formula is C30H31N5O5. The molecule has 10 heteroatoms. The highest BCUT2D eigenvalue weighted by Gasteiger charge is 2.35. The van der Waals surface area contributed by atoms with Gasteiger partial charge in [0.05, 0.1) is 18.2 Å². The number of anilines is 1. The molecule has 0 saturated heterocycles. The van der Waals surface area contributed by atoms with Crippen molar-refractivity contribution in [3.8, 4) is 5.75 Å². The van der Waals surface area contributed by atoms with Gasteiger partial charge >= 0.3 is 5.97 Å². The lowest BCUT2D eigenvalue weighted by atomic mass is 9.94. The van der Waals surface area contributed by atoms with E-state index in [1.54, 1.807) is 36.4 Å². The van der Waals surface area contributed by atoms with E-state index in [4.69, 9.17) is 4.74 Å². The zero-order chi connectivity index (χ0) is 28.1. The number of phenolic OH excluding ortho intramolecular Hbond substituents is 1. The predicted octanol–water partition coefficient (Wildman–Crippen LogP) is 4.15. The van der Waals surface area contributed by atoms with E-state index in [1.807, 2.05) is 18.2 Å². The summed E-state index contributed by atoms with van der Waals surface area (Å²) in [7, 11) is 1.28. The van der Waals surface area contributed by atoms with Crippen LogP contribution in [0.25, 0.3) is 11.0 Å². The molecular weight excluding hydrogens is 510 g/mol. The Balaban J connectivity index is 1.59. The minimum atomic E-state index is -1.09. The maximum Gasteiger partial charge on any atom is 0.337 e. The Morgan fingerprint density at radius 2 is 1.77 bits per heavy atom. The third-order valence-corrected chi connectivity index (χ3v) is 7.19. The fourth-order valence-corrected chi connectivity index (χ4v) is 5.18. The number of methoxy groups -OCH3 is 1. The number of aromatic hydroxyl groups is 1. The Labute approximate surface area is 231 Å². The molecule has 0 bridgehead atoms. The average Bonchev–Trinajstić information content (AvgIpc) is 3.39. The van der Waals surface area contributed by atoms with E-state index in [1.165, 1.54) is 34.9 Å². The van der Waals surface area contributed by atoms with E-state index in [2.05, 4.69) is 15.6 Å². The molecule has 1 aliphatic rings. The van der Waals surface area contributed by atoms with Crippen molar-refractivity contribution in [2.24, 2.45) is 0 Å². The van der Waals surface area contributed by atoms with Gasteiger partial charge in [0.2, 0.25) is 11.8 Å². The van der Waals surface area contributed by atoms with Gasteiger partial charge in [-0.3, -0.25) is 14.5 Å². The van der Waals surface area contributed by atoms with Gasteiger partial charge in [0, 0.05) is 11.7 Å². The number of nitrogens with one attached hydrogen (secondary N) is 1. The second-order valence-corrected chi connectivity index (χ2v) is 9.88. The fraction of sp³-hybridized carbons (Fsp3) is 0.300. The summed E-state index contributed by atoms with van der Waals surface area (Å²) in [6.45, 7) is -0.200. The van der Waals surface area contributed by atoms with Crippen LogP contribution in [0.1, 0.15) is 54.1 Å². The van der Waals surface area contributed by atoms with Gasteiger partial charge in [-0.1, -0.05) is 54.8 Å². The van der Waals surface area contributed by atoms with Crippen LogP contribution in [-0.2, 0) is 20.9 Å². The maximum atomic E-state index is 14.2. The number of phenols is 1. The number of hydrogen-bond acceptors (Lipinski definition) is 7. The fourth-order valence-electron chi connectivity index (χ4n) is 5.18. The number of para-hydroxylation sites is 1. The molecule has 1 heterocycles. The van der Waals surface area contributed by atoms with Crippen molar-refractivity contribution in [3.63, 3.8) is 0 Å². The monoisotopic (exact) mass is 541 g/mol. The first-order chi connectivity index (χ1) is 19.4. The number of ether oxygens (including phenoxy) is 1. The Kier molecular flexibility index (Phi) is 8.04. The number of esters is 1. The molecule has 206 valence electrons. The number of hydrogen-bond donors (Lipinski definition) is 2. The number of nitrogens with zero attached hydrogens (tertiary/aromatic N) is 4. The molecule has 2 amide bonds. The van der Waals surface area contributed by atoms with Crippen LogP contribution in [0.4, 0.5) is 5.69 Å². The standard InChI is InChI=1S/C30H31N5O5/c1-40-30(39)21-8-7-11-23(18-21)35(27(37)19-34-26-13-6-5-12-25(26)32-33-34)28(20-14-16-24(36)17-15-20)29(38)31-22-9-3-2-4-10-22/h5-8,11-18,22,28,36H,2-4,9-10,19H2,1H3,(H,31,38)/t28-/m1/s1. The summed E-state index contributed by atoms with van der Waals surface area (Å²) >= 11 is 0. The molecule has 3 aromatic carbocycles. The smallest absolute Gasteiger partial charge is 0.337 e. The second kappa shape index (κ2) is 12.0. The molecule has 10 nitrogen and oxygen atoms in total. The van der Waals surface area contributed by atoms with Gasteiger partial charge in [0.1, 0.15) is 23.9 Å². The van der Waals surface area contributed by atoms with Gasteiger partial charge in [-0.2, -0.15) is 0 Å². The maximum absolute atomic E-state index is 14.2. The van der Waals surface area contributed by atoms with Crippen LogP contribution in [0.3, 0.4) is 0 Å². The van der Waals surface area contributed by atoms with Gasteiger partial charge in [-0.25, -0.2) is 9.48 Å². The lowest BCUT2D eigenvalue weighted by molar-refractivity contribution is -0.127. The van der Waals surface area contributed by atoms with Crippen molar-refractivity contribution in [3.05, 3.63) is 83.9 Å². The Hall–Kier alpha value is -4.73. The van der Waals surface area contributed by atoms with Crippen LogP contribution in [0.2, 0.25) is 0 Å². The highest BCUT2D eigenvalue weighted by molar-refractivity contribution is 6.02. The summed E-state index contributed by atoms with van der Waals surface area (Å²) in [6, 6.07) is 18.8. The molecule has 1 atom stereocenters. The quantitative estimate of drug-likeness (QED) is 0.321. The number of aromatic nitrogens is 3. The highest BCUT2D eigenvalue weighted by atomic mass is 16.5. The first-order valence-corrected chi connectivity index (χ1v) is 13.3. The van der Waals surface area contributed by atoms with Crippen LogP contribution in [0.15, 0.2) is 72.8 Å². The first-order valence-electron chi connectivity index (χ1n) is 13.3. The summed E-state index contributed by atoms with van der Waals surface area (Å²) in [5.74, 6) is -1.31. The van der Waals surface area contributed by atoms with Gasteiger partial charge in [-0.05, 0) is 60.9 Å². The number of carbonyl (C=O) groups is 3. The number of benzene rings is 3. The molecule has 0 radical (unpaired) electrons. The van der Waals surface area contributed by atoms with Crippen molar-refractivity contribution in [2.75, 3.05) is 12.0 Å². The van der Waals surface area contributed by atoms with E-state index < -0.39 is 17.9 Å². The Morgan fingerprint density at radius 3 is 2.52 bits per heavy atom. The van der Waals surface area contributed by atoms with Crippen molar-refractivity contribution >= 4 is 34.5 Å². The number of rotatable bonds is 8. The molecule has 1 fully saturated rings. The molecule has 5 rings (SSSR count). The summed E-state index contributed by atoms with van der Waals surface area (Å²) in [4.78, 5) is 41.9. The van der Waals surface area contributed by atoms with Crippen LogP contribution in [0, 0.1) is 0 Å². The molecule has 4 aromatic rings. The predicted molar refractivity (Wildman–Crippen MR) is 149 cm³/mol. The minimum Gasteiger partial charge on any atom is -0.508 e. The van der Waals surface area contributed by atoms with E-state index in [9.17, 15) is 19.5 Å². The Morgan fingerprint density at radius 1 is 1.02 bits per heavy atom. The number of fused-ring (bicyclic) bond motifs is 1. The molecule has 1 saturated carbocycles. The molecule has 1 aromatic heterocycles. The molecule has 1 aliphatic carbocycles. The summed E-state index contributed by atoms with van der Waals surface area (Å²) in [5.41, 5.74) is 2.40. The normalized spacial score (nSPS) is 14.4. The molecule has 0 unspecified atom stereocenters. The third kappa shape index (κ3) is 5.80. The minimum absolute atomic E-state index is 0.00141. The van der Waals surface area contributed by atoms with Gasteiger partial charge in [0.25, 0.3) is 0 Å². The largest absolute Gasteiger partial charge is 0.508 e. The lowest BCUT2D eigenvalue weighted by Crippen LogP contribution is -2.48. The summed E-state index contributed by atoms with van der Waals surface area (Å²) in [5, 5.41) is 21.4. The van der Waals surface area contributed by atoms with Crippen molar-refractivity contribution in [1.29, 1.82) is 0 Å². The van der Waals surface area contributed by atoms with E-state index >= 15 is 0 Å². The van der Waals surface area contributed by atoms with E-state index in [0.29, 0.717) is 22.3 Å². The summed E-state index contributed by atoms with van der Waals surface area (Å²) in [6.07, 6.45) is 4.91. The van der Waals surface area contributed by atoms with Crippen LogP contribution >= 0.6 is 0 Å². The zero-order valence-electron chi connectivity index (χ0n) is 22.2. The lowest BCUT2D eigenvalue weighted by Gasteiger charge is -2.33. The van der Waals surface area contributed by atoms with E-state index in [0.717, 1.165) is 32.1 Å². The van der Waals surface area contributed by atoms with Gasteiger partial charge < -0.3 is 15.2 Å². The van der Waals surface area contributed by atoms with Crippen molar-refractivity contribution in [2.45, 2.75) is 50.7 Å². The van der Waals surface area contributed by atoms with Crippen molar-refractivity contribution < 1.29 is 24.2 Å². The van der Waals surface area contributed by atoms with Crippen LogP contribution < -0.4 is 10.2 Å². The topological polar surface area (TPSA) is 127 Å². The van der Waals surface area contributed by atoms with Crippen molar-refractivity contribution in [1.82, 2.24) is 20.3 Å². The Bertz CT molecular complexity index is 1510. The number of carbonyl (C=O) groups excluding carboxylic acids is 3. The summed E-state index contributed by atoms with van der Waals surface area (Å²) < 4.78 is 6.39.